The topological polar surface area (TPSA) is 79.3 Å². The van der Waals surface area contributed by atoms with Crippen LogP contribution in [-0.4, -0.2) is 22.0 Å². The van der Waals surface area contributed by atoms with Crippen molar-refractivity contribution < 1.29 is 14.7 Å². The molecule has 0 aliphatic rings. The second-order valence-corrected chi connectivity index (χ2v) is 6.18. The van der Waals surface area contributed by atoms with E-state index >= 15 is 0 Å². The number of carbonyl (C=O) groups excluding carboxylic acids is 1. The highest BCUT2D eigenvalue weighted by molar-refractivity contribution is 7.17. The van der Waals surface area contributed by atoms with Crippen LogP contribution in [0.15, 0.2) is 12.3 Å². The number of nitrogens with zero attached hydrogens (tertiary/aromatic N) is 1. The van der Waals surface area contributed by atoms with Gasteiger partial charge in [0.25, 0.3) is 5.91 Å². The molecular formula is C12H12N2O3S2. The maximum atomic E-state index is 12.0. The number of hydrogen-bond donors (Lipinski definition) is 2. The molecule has 1 amide bonds. The molecule has 0 fully saturated rings. The summed E-state index contributed by atoms with van der Waals surface area (Å²) in [5.41, 5.74) is 0.136. The summed E-state index contributed by atoms with van der Waals surface area (Å²) < 4.78 is 0. The second kappa shape index (κ2) is 5.50. The molecule has 2 aromatic heterocycles. The molecular weight excluding hydrogens is 284 g/mol. The molecule has 2 rings (SSSR count). The van der Waals surface area contributed by atoms with Gasteiger partial charge in [0.05, 0.1) is 16.8 Å². The van der Waals surface area contributed by atoms with Crippen LogP contribution in [0.25, 0.3) is 0 Å². The number of carboxylic acids is 1. The van der Waals surface area contributed by atoms with Crippen LogP contribution in [0.2, 0.25) is 0 Å². The number of anilines is 1. The predicted molar refractivity (Wildman–Crippen MR) is 75.5 cm³/mol. The minimum absolute atomic E-state index is 0.136. The lowest BCUT2D eigenvalue weighted by molar-refractivity contribution is 0.0698. The Hall–Kier alpha value is -1.73. The van der Waals surface area contributed by atoms with Crippen molar-refractivity contribution in [2.45, 2.75) is 20.3 Å². The fraction of sp³-hybridized carbons (Fsp3) is 0.250. The van der Waals surface area contributed by atoms with Gasteiger partial charge in [-0.05, 0) is 19.4 Å². The molecule has 7 heteroatoms. The summed E-state index contributed by atoms with van der Waals surface area (Å²) >= 11 is 2.57. The van der Waals surface area contributed by atoms with Gasteiger partial charge in [0.15, 0.2) is 0 Å². The molecule has 0 bridgehead atoms. The zero-order chi connectivity index (χ0) is 14.0. The molecule has 0 saturated heterocycles. The third-order valence-corrected chi connectivity index (χ3v) is 4.54. The van der Waals surface area contributed by atoms with Crippen molar-refractivity contribution in [1.29, 1.82) is 0 Å². The normalized spacial score (nSPS) is 10.4. The van der Waals surface area contributed by atoms with E-state index in [1.54, 1.807) is 6.07 Å². The quantitative estimate of drug-likeness (QED) is 0.909. The Balaban J connectivity index is 2.25. The number of nitrogens with one attached hydrogen (secondary N) is 1. The minimum atomic E-state index is -1.04. The van der Waals surface area contributed by atoms with Gasteiger partial charge >= 0.3 is 5.97 Å². The van der Waals surface area contributed by atoms with Crippen molar-refractivity contribution in [3.05, 3.63) is 32.6 Å². The van der Waals surface area contributed by atoms with Crippen LogP contribution in [0.1, 0.15) is 36.8 Å². The fourth-order valence-corrected chi connectivity index (χ4v) is 3.16. The van der Waals surface area contributed by atoms with Crippen LogP contribution >= 0.6 is 22.7 Å². The largest absolute Gasteiger partial charge is 0.478 e. The van der Waals surface area contributed by atoms with Gasteiger partial charge in [-0.1, -0.05) is 6.92 Å². The van der Waals surface area contributed by atoms with E-state index < -0.39 is 5.97 Å². The molecule has 0 aliphatic carbocycles. The smallest absolute Gasteiger partial charge is 0.338 e. The van der Waals surface area contributed by atoms with E-state index in [0.29, 0.717) is 9.88 Å². The lowest BCUT2D eigenvalue weighted by Crippen LogP contribution is -2.11. The van der Waals surface area contributed by atoms with Gasteiger partial charge in [-0.25, -0.2) is 9.78 Å². The van der Waals surface area contributed by atoms with Crippen LogP contribution in [0.5, 0.6) is 0 Å². The Bertz CT molecular complexity index is 631. The van der Waals surface area contributed by atoms with E-state index in [9.17, 15) is 9.59 Å². The number of thiophene rings is 1. The van der Waals surface area contributed by atoms with Crippen LogP contribution < -0.4 is 5.32 Å². The number of rotatable bonds is 4. The van der Waals surface area contributed by atoms with Crippen molar-refractivity contribution >= 4 is 39.6 Å². The first-order chi connectivity index (χ1) is 9.01. The summed E-state index contributed by atoms with van der Waals surface area (Å²) in [5.74, 6) is -1.36. The van der Waals surface area contributed by atoms with Crippen LogP contribution in [0.4, 0.5) is 5.00 Å². The molecule has 2 heterocycles. The third kappa shape index (κ3) is 2.99. The van der Waals surface area contributed by atoms with Gasteiger partial charge in [-0.2, -0.15) is 0 Å². The van der Waals surface area contributed by atoms with Gasteiger partial charge < -0.3 is 10.4 Å². The number of carboxylic acid groups (broad SMARTS) is 1. The number of thiazole rings is 1. The lowest BCUT2D eigenvalue weighted by Gasteiger charge is -2.01. The summed E-state index contributed by atoms with van der Waals surface area (Å²) in [5, 5.41) is 12.9. The summed E-state index contributed by atoms with van der Waals surface area (Å²) in [7, 11) is 0. The lowest BCUT2D eigenvalue weighted by atomic mass is 10.2. The molecule has 2 N–H and O–H groups in total. The van der Waals surface area contributed by atoms with E-state index in [4.69, 9.17) is 5.11 Å². The maximum Gasteiger partial charge on any atom is 0.338 e. The van der Waals surface area contributed by atoms with E-state index in [2.05, 4.69) is 10.3 Å². The monoisotopic (exact) mass is 296 g/mol. The van der Waals surface area contributed by atoms with Crippen LogP contribution in [0, 0.1) is 6.92 Å². The van der Waals surface area contributed by atoms with Crippen LogP contribution in [0.3, 0.4) is 0 Å². The molecule has 0 atom stereocenters. The average Bonchev–Trinajstić information content (AvgIpc) is 2.95. The number of aryl methyl sites for hydroxylation is 2. The molecule has 19 heavy (non-hydrogen) atoms. The Morgan fingerprint density at radius 3 is 2.68 bits per heavy atom. The van der Waals surface area contributed by atoms with Crippen molar-refractivity contribution in [3.63, 3.8) is 0 Å². The summed E-state index contributed by atoms with van der Waals surface area (Å²) in [6.45, 7) is 3.75. The number of aromatic nitrogens is 1. The van der Waals surface area contributed by atoms with Gasteiger partial charge in [0.2, 0.25) is 0 Å². The molecule has 0 saturated carbocycles. The van der Waals surface area contributed by atoms with E-state index in [1.807, 2.05) is 13.8 Å². The van der Waals surface area contributed by atoms with Gasteiger partial charge in [-0.15, -0.1) is 22.7 Å². The first-order valence-electron chi connectivity index (χ1n) is 5.61. The molecule has 0 aliphatic heterocycles. The zero-order valence-electron chi connectivity index (χ0n) is 10.4. The number of amides is 1. The number of aromatic carboxylic acids is 1. The maximum absolute atomic E-state index is 12.0. The number of carbonyl (C=O) groups is 2. The first kappa shape index (κ1) is 13.7. The standard InChI is InChI=1S/C12H12N2O3S2/c1-3-7-4-8(12(16)17)11(19-7)14-10(15)9-5-13-6(2)18-9/h4-5H,3H2,1-2H3,(H,14,15)(H,16,17). The van der Waals surface area contributed by atoms with Gasteiger partial charge in [0, 0.05) is 4.88 Å². The fourth-order valence-electron chi connectivity index (χ4n) is 1.50. The van der Waals surface area contributed by atoms with Crippen molar-refractivity contribution in [2.24, 2.45) is 0 Å². The second-order valence-electron chi connectivity index (χ2n) is 3.81. The highest BCUT2D eigenvalue weighted by Gasteiger charge is 2.18. The predicted octanol–water partition coefficient (Wildman–Crippen LogP) is 3.03. The molecule has 0 radical (unpaired) electrons. The van der Waals surface area contributed by atoms with Crippen molar-refractivity contribution in [1.82, 2.24) is 4.98 Å². The minimum Gasteiger partial charge on any atom is -0.478 e. The molecule has 0 unspecified atom stereocenters. The van der Waals surface area contributed by atoms with Gasteiger partial charge in [-0.3, -0.25) is 4.79 Å². The Morgan fingerprint density at radius 1 is 1.42 bits per heavy atom. The van der Waals surface area contributed by atoms with Crippen molar-refractivity contribution in [2.75, 3.05) is 5.32 Å². The van der Waals surface area contributed by atoms with Crippen molar-refractivity contribution in [3.8, 4) is 0 Å². The summed E-state index contributed by atoms with van der Waals surface area (Å²) in [6, 6.07) is 1.60. The molecule has 100 valence electrons. The molecule has 5 nitrogen and oxygen atoms in total. The van der Waals surface area contributed by atoms with E-state index in [1.165, 1.54) is 28.9 Å². The molecule has 2 aromatic rings. The summed E-state index contributed by atoms with van der Waals surface area (Å²) in [6.07, 6.45) is 2.23. The Labute approximate surface area is 117 Å². The first-order valence-corrected chi connectivity index (χ1v) is 7.24. The Kier molecular flexibility index (Phi) is 3.96. The van der Waals surface area contributed by atoms with E-state index in [0.717, 1.165) is 16.3 Å². The SMILES string of the molecule is CCc1cc(C(=O)O)c(NC(=O)c2cnc(C)s2)s1. The summed E-state index contributed by atoms with van der Waals surface area (Å²) in [4.78, 5) is 28.5. The number of hydrogen-bond acceptors (Lipinski definition) is 5. The highest BCUT2D eigenvalue weighted by atomic mass is 32.1. The zero-order valence-corrected chi connectivity index (χ0v) is 12.0. The van der Waals surface area contributed by atoms with Crippen LogP contribution in [-0.2, 0) is 6.42 Å². The molecule has 0 spiro atoms. The highest BCUT2D eigenvalue weighted by Crippen LogP contribution is 2.29. The average molecular weight is 296 g/mol. The van der Waals surface area contributed by atoms with E-state index in [-0.39, 0.29) is 11.5 Å². The third-order valence-electron chi connectivity index (χ3n) is 2.43. The molecule has 0 aromatic carbocycles. The van der Waals surface area contributed by atoms with Gasteiger partial charge in [0.1, 0.15) is 9.88 Å². The Morgan fingerprint density at radius 2 is 2.16 bits per heavy atom.